The number of nitrogens with zero attached hydrogens (tertiary/aromatic N) is 1. The molecule has 0 aromatic heterocycles. The van der Waals surface area contributed by atoms with Crippen molar-refractivity contribution in [3.05, 3.63) is 41.5 Å². The molecular formula is C13H12NO3-. The Hall–Kier alpha value is -2.28. The summed E-state index contributed by atoms with van der Waals surface area (Å²) in [6.45, 7) is 0.144. The number of benzene rings is 1. The van der Waals surface area contributed by atoms with Crippen molar-refractivity contribution >= 4 is 12.2 Å². The number of unbranched alkanes of at least 4 members (excludes halogenated alkanes) is 1. The highest BCUT2D eigenvalue weighted by atomic mass is 16.7. The number of nitriles is 1. The van der Waals surface area contributed by atoms with Crippen LogP contribution in [0.3, 0.4) is 0 Å². The standard InChI is InChI=1S/C13H13NO3/c14-10-12-7-4-6-11(9-12)5-2-1-3-8-17-13(15)16/h2,4-7,9H,1,3,8H2,(H,15,16)/p-1/b5-2+. The summed E-state index contributed by atoms with van der Waals surface area (Å²) in [5.74, 6) is 0. The fraction of sp³-hybridized carbons (Fsp3) is 0.231. The lowest BCUT2D eigenvalue weighted by Gasteiger charge is -2.05. The number of carboxylic acid groups (broad SMARTS) is 1. The van der Waals surface area contributed by atoms with E-state index in [-0.39, 0.29) is 6.61 Å². The molecule has 0 saturated carbocycles. The molecule has 0 fully saturated rings. The van der Waals surface area contributed by atoms with Gasteiger partial charge in [0, 0.05) is 6.61 Å². The van der Waals surface area contributed by atoms with Crippen molar-refractivity contribution < 1.29 is 14.6 Å². The highest BCUT2D eigenvalue weighted by molar-refractivity contribution is 5.54. The molecule has 0 saturated heterocycles. The Morgan fingerprint density at radius 1 is 1.53 bits per heavy atom. The average molecular weight is 230 g/mol. The van der Waals surface area contributed by atoms with E-state index in [9.17, 15) is 9.90 Å². The van der Waals surface area contributed by atoms with Gasteiger partial charge in [-0.2, -0.15) is 5.26 Å². The quantitative estimate of drug-likeness (QED) is 0.570. The van der Waals surface area contributed by atoms with Crippen LogP contribution < -0.4 is 5.11 Å². The van der Waals surface area contributed by atoms with E-state index in [2.05, 4.69) is 10.8 Å². The Morgan fingerprint density at radius 3 is 3.06 bits per heavy atom. The van der Waals surface area contributed by atoms with E-state index in [1.54, 1.807) is 12.1 Å². The van der Waals surface area contributed by atoms with Crippen LogP contribution in [0.1, 0.15) is 24.0 Å². The molecule has 0 bridgehead atoms. The Balaban J connectivity index is 2.33. The molecule has 4 heteroatoms. The smallest absolute Gasteiger partial charge is 0.251 e. The summed E-state index contributed by atoms with van der Waals surface area (Å²) in [6.07, 6.45) is 3.64. The van der Waals surface area contributed by atoms with Crippen LogP contribution in [0.15, 0.2) is 30.3 Å². The van der Waals surface area contributed by atoms with Crippen LogP contribution in [0.25, 0.3) is 6.08 Å². The van der Waals surface area contributed by atoms with Gasteiger partial charge in [0.15, 0.2) is 0 Å². The highest BCUT2D eigenvalue weighted by Gasteiger charge is 1.90. The second kappa shape index (κ2) is 7.07. The van der Waals surface area contributed by atoms with E-state index in [0.717, 1.165) is 5.56 Å². The SMILES string of the molecule is N#Cc1cccc(/C=C/CCCOC(=O)[O-])c1. The first-order chi connectivity index (χ1) is 8.22. The molecule has 0 atom stereocenters. The minimum absolute atomic E-state index is 0.144. The van der Waals surface area contributed by atoms with Crippen LogP contribution in [0.2, 0.25) is 0 Å². The van der Waals surface area contributed by atoms with Gasteiger partial charge < -0.3 is 14.6 Å². The Bertz CT molecular complexity index is 446. The second-order valence-electron chi connectivity index (χ2n) is 3.38. The van der Waals surface area contributed by atoms with E-state index in [0.29, 0.717) is 18.4 Å². The predicted molar refractivity (Wildman–Crippen MR) is 60.8 cm³/mol. The van der Waals surface area contributed by atoms with Gasteiger partial charge in [-0.05, 0) is 30.5 Å². The first kappa shape index (κ1) is 12.8. The Kier molecular flexibility index (Phi) is 5.32. The molecule has 0 radical (unpaired) electrons. The highest BCUT2D eigenvalue weighted by Crippen LogP contribution is 2.07. The van der Waals surface area contributed by atoms with Crippen LogP contribution in [0.5, 0.6) is 0 Å². The minimum atomic E-state index is -1.49. The third-order valence-corrected chi connectivity index (χ3v) is 2.06. The molecule has 0 aliphatic rings. The van der Waals surface area contributed by atoms with Gasteiger partial charge in [0.2, 0.25) is 0 Å². The Morgan fingerprint density at radius 2 is 2.35 bits per heavy atom. The molecule has 0 heterocycles. The summed E-state index contributed by atoms with van der Waals surface area (Å²) in [5, 5.41) is 18.6. The molecule has 88 valence electrons. The summed E-state index contributed by atoms with van der Waals surface area (Å²) in [7, 11) is 0. The Labute approximate surface area is 99.8 Å². The topological polar surface area (TPSA) is 73.1 Å². The molecule has 0 spiro atoms. The van der Waals surface area contributed by atoms with Gasteiger partial charge in [-0.3, -0.25) is 0 Å². The molecule has 0 amide bonds. The number of rotatable bonds is 5. The van der Waals surface area contributed by atoms with E-state index >= 15 is 0 Å². The van der Waals surface area contributed by atoms with Crippen LogP contribution in [-0.4, -0.2) is 12.8 Å². The van der Waals surface area contributed by atoms with Crippen molar-refractivity contribution in [3.63, 3.8) is 0 Å². The van der Waals surface area contributed by atoms with Gasteiger partial charge in [0.1, 0.15) is 0 Å². The van der Waals surface area contributed by atoms with Crippen molar-refractivity contribution in [2.45, 2.75) is 12.8 Å². The van der Waals surface area contributed by atoms with Crippen molar-refractivity contribution in [3.8, 4) is 6.07 Å². The third kappa shape index (κ3) is 5.38. The fourth-order valence-electron chi connectivity index (χ4n) is 1.29. The van der Waals surface area contributed by atoms with E-state index in [1.807, 2.05) is 24.3 Å². The van der Waals surface area contributed by atoms with Gasteiger partial charge in [-0.15, -0.1) is 0 Å². The molecule has 17 heavy (non-hydrogen) atoms. The van der Waals surface area contributed by atoms with Crippen LogP contribution >= 0.6 is 0 Å². The summed E-state index contributed by atoms with van der Waals surface area (Å²) >= 11 is 0. The summed E-state index contributed by atoms with van der Waals surface area (Å²) in [5.41, 5.74) is 1.57. The van der Waals surface area contributed by atoms with Crippen molar-refractivity contribution in [1.82, 2.24) is 0 Å². The maximum atomic E-state index is 9.94. The fourth-order valence-corrected chi connectivity index (χ4v) is 1.29. The van der Waals surface area contributed by atoms with E-state index in [4.69, 9.17) is 5.26 Å². The maximum absolute atomic E-state index is 9.94. The molecule has 4 nitrogen and oxygen atoms in total. The lowest BCUT2D eigenvalue weighted by molar-refractivity contribution is -0.282. The molecule has 0 N–H and O–H groups in total. The normalized spacial score (nSPS) is 10.1. The van der Waals surface area contributed by atoms with Crippen molar-refractivity contribution in [1.29, 1.82) is 5.26 Å². The number of ether oxygens (including phenoxy) is 1. The van der Waals surface area contributed by atoms with Gasteiger partial charge in [-0.25, -0.2) is 0 Å². The minimum Gasteiger partial charge on any atom is -0.550 e. The van der Waals surface area contributed by atoms with Crippen molar-refractivity contribution in [2.75, 3.05) is 6.61 Å². The second-order valence-corrected chi connectivity index (χ2v) is 3.38. The lowest BCUT2D eigenvalue weighted by Crippen LogP contribution is -2.23. The molecule has 1 rings (SSSR count). The van der Waals surface area contributed by atoms with Gasteiger partial charge in [0.05, 0.1) is 11.6 Å². The van der Waals surface area contributed by atoms with Crippen LogP contribution in [-0.2, 0) is 4.74 Å². The van der Waals surface area contributed by atoms with E-state index < -0.39 is 6.16 Å². The van der Waals surface area contributed by atoms with Crippen molar-refractivity contribution in [2.24, 2.45) is 0 Å². The van der Waals surface area contributed by atoms with Crippen LogP contribution in [0.4, 0.5) is 4.79 Å². The number of carbonyl (C=O) groups excluding carboxylic acids is 1. The van der Waals surface area contributed by atoms with Gasteiger partial charge in [-0.1, -0.05) is 24.3 Å². The van der Waals surface area contributed by atoms with Gasteiger partial charge >= 0.3 is 0 Å². The molecule has 0 aliphatic heterocycles. The lowest BCUT2D eigenvalue weighted by atomic mass is 10.1. The molecule has 1 aromatic carbocycles. The zero-order chi connectivity index (χ0) is 12.5. The number of allylic oxidation sites excluding steroid dienone is 1. The number of hydrogen-bond donors (Lipinski definition) is 0. The van der Waals surface area contributed by atoms with Gasteiger partial charge in [0.25, 0.3) is 6.16 Å². The molecule has 0 unspecified atom stereocenters. The number of hydrogen-bond acceptors (Lipinski definition) is 4. The summed E-state index contributed by atoms with van der Waals surface area (Å²) < 4.78 is 4.26. The molecule has 0 aliphatic carbocycles. The summed E-state index contributed by atoms with van der Waals surface area (Å²) in [4.78, 5) is 9.94. The van der Waals surface area contributed by atoms with Crippen LogP contribution in [0, 0.1) is 11.3 Å². The average Bonchev–Trinajstić information content (AvgIpc) is 2.33. The zero-order valence-corrected chi connectivity index (χ0v) is 9.26. The third-order valence-electron chi connectivity index (χ3n) is 2.06. The number of carbonyl (C=O) groups is 1. The largest absolute Gasteiger partial charge is 0.550 e. The van der Waals surface area contributed by atoms with E-state index in [1.165, 1.54) is 0 Å². The zero-order valence-electron chi connectivity index (χ0n) is 9.26. The molecule has 1 aromatic rings. The summed E-state index contributed by atoms with van der Waals surface area (Å²) in [6, 6.07) is 9.31. The predicted octanol–water partition coefficient (Wildman–Crippen LogP) is 1.71. The molecular weight excluding hydrogens is 218 g/mol. The maximum Gasteiger partial charge on any atom is 0.251 e. The first-order valence-corrected chi connectivity index (χ1v) is 5.23. The first-order valence-electron chi connectivity index (χ1n) is 5.23. The monoisotopic (exact) mass is 230 g/mol.